The molecule has 1 aliphatic carbocycles. The van der Waals surface area contributed by atoms with E-state index in [9.17, 15) is 0 Å². The van der Waals surface area contributed by atoms with E-state index in [4.69, 9.17) is 9.47 Å². The zero-order chi connectivity index (χ0) is 9.86. The molecule has 2 heteroatoms. The molecule has 0 radical (unpaired) electrons. The van der Waals surface area contributed by atoms with Crippen LogP contribution >= 0.6 is 0 Å². The number of hydrogen-bond donors (Lipinski definition) is 0. The van der Waals surface area contributed by atoms with Gasteiger partial charge in [-0.25, -0.2) is 0 Å². The normalized spacial score (nSPS) is 24.5. The van der Waals surface area contributed by atoms with Crippen LogP contribution in [0.5, 0.6) is 0 Å². The van der Waals surface area contributed by atoms with Gasteiger partial charge < -0.3 is 9.47 Å². The first-order valence-corrected chi connectivity index (χ1v) is 5.23. The first-order chi connectivity index (χ1) is 6.85. The van der Waals surface area contributed by atoms with Crippen LogP contribution in [0.4, 0.5) is 0 Å². The van der Waals surface area contributed by atoms with Gasteiger partial charge in [-0.05, 0) is 25.8 Å². The van der Waals surface area contributed by atoms with E-state index < -0.39 is 0 Å². The maximum absolute atomic E-state index is 5.65. The summed E-state index contributed by atoms with van der Waals surface area (Å²) in [5.41, 5.74) is 1.43. The van der Waals surface area contributed by atoms with Gasteiger partial charge in [0.05, 0.1) is 13.2 Å². The standard InChI is InChI=1S/C12H16O2/c1-2-3-4-11-5-7-12(8-6-11)13-9-10-14-12/h4H,5-10H2,1H3. The van der Waals surface area contributed by atoms with Crippen LogP contribution in [-0.4, -0.2) is 19.0 Å². The Balaban J connectivity index is 1.93. The predicted octanol–water partition coefficient (Wildman–Crippen LogP) is 2.25. The van der Waals surface area contributed by atoms with Crippen molar-refractivity contribution in [1.29, 1.82) is 0 Å². The minimum absolute atomic E-state index is 0.239. The fourth-order valence-corrected chi connectivity index (χ4v) is 2.06. The quantitative estimate of drug-likeness (QED) is 0.548. The van der Waals surface area contributed by atoms with Crippen molar-refractivity contribution in [2.45, 2.75) is 38.4 Å². The first-order valence-electron chi connectivity index (χ1n) is 5.23. The van der Waals surface area contributed by atoms with E-state index in [1.807, 2.05) is 13.0 Å². The van der Waals surface area contributed by atoms with E-state index >= 15 is 0 Å². The van der Waals surface area contributed by atoms with Crippen molar-refractivity contribution in [2.24, 2.45) is 0 Å². The van der Waals surface area contributed by atoms with Gasteiger partial charge in [0.25, 0.3) is 0 Å². The molecule has 1 saturated heterocycles. The summed E-state index contributed by atoms with van der Waals surface area (Å²) in [7, 11) is 0. The molecular weight excluding hydrogens is 176 g/mol. The third kappa shape index (κ3) is 2.00. The van der Waals surface area contributed by atoms with Gasteiger partial charge in [-0.3, -0.25) is 0 Å². The van der Waals surface area contributed by atoms with Gasteiger partial charge in [0, 0.05) is 12.8 Å². The maximum Gasteiger partial charge on any atom is 0.169 e. The minimum atomic E-state index is -0.239. The summed E-state index contributed by atoms with van der Waals surface area (Å²) >= 11 is 0. The zero-order valence-electron chi connectivity index (χ0n) is 8.64. The molecule has 2 fully saturated rings. The highest BCUT2D eigenvalue weighted by Crippen LogP contribution is 2.37. The molecule has 14 heavy (non-hydrogen) atoms. The van der Waals surface area contributed by atoms with Crippen LogP contribution in [0.3, 0.4) is 0 Å². The molecule has 0 aromatic heterocycles. The Morgan fingerprint density at radius 3 is 2.43 bits per heavy atom. The van der Waals surface area contributed by atoms with E-state index in [1.54, 1.807) is 0 Å². The molecule has 2 rings (SSSR count). The van der Waals surface area contributed by atoms with E-state index in [2.05, 4.69) is 11.8 Å². The van der Waals surface area contributed by atoms with Gasteiger partial charge in [0.15, 0.2) is 5.79 Å². The number of hydrogen-bond acceptors (Lipinski definition) is 2. The Morgan fingerprint density at radius 2 is 1.86 bits per heavy atom. The molecule has 0 bridgehead atoms. The highest BCUT2D eigenvalue weighted by atomic mass is 16.7. The third-order valence-corrected chi connectivity index (χ3v) is 2.89. The first kappa shape index (κ1) is 9.76. The monoisotopic (exact) mass is 192 g/mol. The van der Waals surface area contributed by atoms with Crippen molar-refractivity contribution in [1.82, 2.24) is 0 Å². The van der Waals surface area contributed by atoms with Crippen LogP contribution in [0.25, 0.3) is 0 Å². The summed E-state index contributed by atoms with van der Waals surface area (Å²) < 4.78 is 11.3. The Bertz CT molecular complexity index is 275. The molecule has 0 aromatic carbocycles. The number of ether oxygens (including phenoxy) is 2. The Labute approximate surface area is 85.3 Å². The van der Waals surface area contributed by atoms with Crippen molar-refractivity contribution in [3.8, 4) is 11.8 Å². The van der Waals surface area contributed by atoms with Crippen LogP contribution in [0.15, 0.2) is 11.6 Å². The Morgan fingerprint density at radius 1 is 1.21 bits per heavy atom. The molecule has 2 nitrogen and oxygen atoms in total. The van der Waals surface area contributed by atoms with Crippen LogP contribution in [0, 0.1) is 11.8 Å². The van der Waals surface area contributed by atoms with E-state index in [1.165, 1.54) is 5.57 Å². The highest BCUT2D eigenvalue weighted by Gasteiger charge is 2.38. The Kier molecular flexibility index (Phi) is 2.90. The minimum Gasteiger partial charge on any atom is -0.348 e. The summed E-state index contributed by atoms with van der Waals surface area (Å²) in [6, 6.07) is 0. The lowest BCUT2D eigenvalue weighted by atomic mass is 9.89. The van der Waals surface area contributed by atoms with Gasteiger partial charge >= 0.3 is 0 Å². The predicted molar refractivity (Wildman–Crippen MR) is 54.6 cm³/mol. The SMILES string of the molecule is CC#CC=C1CCC2(CC1)OCCO2. The number of allylic oxidation sites excluding steroid dienone is 2. The fraction of sp³-hybridized carbons (Fsp3) is 0.667. The van der Waals surface area contributed by atoms with Crippen molar-refractivity contribution in [2.75, 3.05) is 13.2 Å². The molecule has 0 atom stereocenters. The van der Waals surface area contributed by atoms with Gasteiger partial charge in [-0.2, -0.15) is 0 Å². The average Bonchev–Trinajstić information content (AvgIpc) is 2.66. The summed E-state index contributed by atoms with van der Waals surface area (Å²) in [4.78, 5) is 0. The van der Waals surface area contributed by atoms with Gasteiger partial charge in [-0.15, -0.1) is 5.92 Å². The zero-order valence-corrected chi connectivity index (χ0v) is 8.64. The second-order valence-corrected chi connectivity index (χ2v) is 3.80. The molecular formula is C12H16O2. The number of rotatable bonds is 0. The molecule has 1 heterocycles. The third-order valence-electron chi connectivity index (χ3n) is 2.89. The van der Waals surface area contributed by atoms with Crippen LogP contribution in [-0.2, 0) is 9.47 Å². The van der Waals surface area contributed by atoms with E-state index in [-0.39, 0.29) is 5.79 Å². The largest absolute Gasteiger partial charge is 0.348 e. The van der Waals surface area contributed by atoms with Crippen molar-refractivity contribution in [3.63, 3.8) is 0 Å². The molecule has 1 saturated carbocycles. The molecule has 0 amide bonds. The summed E-state index contributed by atoms with van der Waals surface area (Å²) in [6.07, 6.45) is 6.15. The lowest BCUT2D eigenvalue weighted by Gasteiger charge is -2.32. The molecule has 0 N–H and O–H groups in total. The topological polar surface area (TPSA) is 18.5 Å². The molecule has 76 valence electrons. The molecule has 1 spiro atoms. The van der Waals surface area contributed by atoms with E-state index in [0.717, 1.165) is 38.9 Å². The lowest BCUT2D eigenvalue weighted by molar-refractivity contribution is -0.171. The second-order valence-electron chi connectivity index (χ2n) is 3.80. The average molecular weight is 192 g/mol. The van der Waals surface area contributed by atoms with Crippen LogP contribution in [0.2, 0.25) is 0 Å². The lowest BCUT2D eigenvalue weighted by Crippen LogP contribution is -2.33. The molecule has 0 aromatic rings. The molecule has 1 aliphatic heterocycles. The molecule has 0 unspecified atom stereocenters. The summed E-state index contributed by atoms with van der Waals surface area (Å²) in [5, 5.41) is 0. The van der Waals surface area contributed by atoms with Crippen molar-refractivity contribution >= 4 is 0 Å². The van der Waals surface area contributed by atoms with Crippen LogP contribution < -0.4 is 0 Å². The van der Waals surface area contributed by atoms with Crippen molar-refractivity contribution in [3.05, 3.63) is 11.6 Å². The Hall–Kier alpha value is -0.780. The highest BCUT2D eigenvalue weighted by molar-refractivity contribution is 5.22. The van der Waals surface area contributed by atoms with Gasteiger partial charge in [0.2, 0.25) is 0 Å². The molecule has 2 aliphatic rings. The second kappa shape index (κ2) is 4.16. The van der Waals surface area contributed by atoms with Gasteiger partial charge in [-0.1, -0.05) is 11.5 Å². The van der Waals surface area contributed by atoms with Crippen molar-refractivity contribution < 1.29 is 9.47 Å². The van der Waals surface area contributed by atoms with E-state index in [0.29, 0.717) is 0 Å². The summed E-state index contributed by atoms with van der Waals surface area (Å²) in [5.74, 6) is 5.65. The van der Waals surface area contributed by atoms with Gasteiger partial charge in [0.1, 0.15) is 0 Å². The van der Waals surface area contributed by atoms with Crippen LogP contribution in [0.1, 0.15) is 32.6 Å². The maximum atomic E-state index is 5.65. The summed E-state index contributed by atoms with van der Waals surface area (Å²) in [6.45, 7) is 3.38. The fourth-order valence-electron chi connectivity index (χ4n) is 2.06. The smallest absolute Gasteiger partial charge is 0.169 e.